The van der Waals surface area contributed by atoms with Crippen LogP contribution in [0.2, 0.25) is 0 Å². The molecule has 1 aromatic rings. The van der Waals surface area contributed by atoms with Gasteiger partial charge in [0.15, 0.2) is 0 Å². The number of ether oxygens (including phenoxy) is 4. The summed E-state index contributed by atoms with van der Waals surface area (Å²) < 4.78 is 22.1. The van der Waals surface area contributed by atoms with E-state index in [0.29, 0.717) is 23.0 Å². The number of methoxy groups -OCH3 is 3. The van der Waals surface area contributed by atoms with Gasteiger partial charge in [-0.05, 0) is 54.4 Å². The third-order valence-electron chi connectivity index (χ3n) is 8.20. The fourth-order valence-electron chi connectivity index (χ4n) is 7.33. The molecule has 4 aliphatic carbocycles. The summed E-state index contributed by atoms with van der Waals surface area (Å²) in [5, 5.41) is 0. The molecule has 5 aliphatic rings. The zero-order valence-electron chi connectivity index (χ0n) is 17.3. The summed E-state index contributed by atoms with van der Waals surface area (Å²) in [6.45, 7) is 0. The molecule has 0 aromatic heterocycles. The molecule has 0 N–H and O–H groups in total. The third-order valence-corrected chi connectivity index (χ3v) is 8.20. The largest absolute Gasteiger partial charge is 0.497 e. The lowest BCUT2D eigenvalue weighted by molar-refractivity contribution is -0.140. The molecular formula is C24H24O6. The van der Waals surface area contributed by atoms with Gasteiger partial charge in [-0.3, -0.25) is 0 Å². The molecular weight excluding hydrogens is 384 g/mol. The number of hydrogen-bond donors (Lipinski definition) is 0. The zero-order valence-corrected chi connectivity index (χ0v) is 17.3. The molecule has 1 heterocycles. The summed E-state index contributed by atoms with van der Waals surface area (Å²) in [6.07, 6.45) is 5.48. The Kier molecular flexibility index (Phi) is 3.49. The van der Waals surface area contributed by atoms with Gasteiger partial charge in [0, 0.05) is 11.8 Å². The van der Waals surface area contributed by atoms with Crippen molar-refractivity contribution in [1.29, 1.82) is 0 Å². The third kappa shape index (κ3) is 1.81. The quantitative estimate of drug-likeness (QED) is 0.563. The van der Waals surface area contributed by atoms with Gasteiger partial charge in [-0.15, -0.1) is 0 Å². The van der Waals surface area contributed by atoms with E-state index in [1.165, 1.54) is 14.2 Å². The summed E-state index contributed by atoms with van der Waals surface area (Å²) in [4.78, 5) is 25.8. The van der Waals surface area contributed by atoms with E-state index in [2.05, 4.69) is 6.08 Å². The van der Waals surface area contributed by atoms with E-state index in [1.807, 2.05) is 24.3 Å². The molecule has 6 heteroatoms. The van der Waals surface area contributed by atoms with Crippen LogP contribution in [0.4, 0.5) is 0 Å². The van der Waals surface area contributed by atoms with Gasteiger partial charge in [-0.2, -0.15) is 0 Å². The average molecular weight is 408 g/mol. The van der Waals surface area contributed by atoms with Crippen LogP contribution in [0.25, 0.3) is 6.08 Å². The number of esters is 2. The second-order valence-corrected chi connectivity index (χ2v) is 8.99. The fourth-order valence-corrected chi connectivity index (χ4v) is 7.33. The van der Waals surface area contributed by atoms with Crippen LogP contribution >= 0.6 is 0 Å². The van der Waals surface area contributed by atoms with Gasteiger partial charge < -0.3 is 18.9 Å². The molecule has 0 spiro atoms. The van der Waals surface area contributed by atoms with Crippen molar-refractivity contribution in [1.82, 2.24) is 0 Å². The van der Waals surface area contributed by atoms with E-state index >= 15 is 0 Å². The lowest BCUT2D eigenvalue weighted by Gasteiger charge is -2.29. The first-order chi connectivity index (χ1) is 14.5. The van der Waals surface area contributed by atoms with Crippen LogP contribution in [0, 0.1) is 23.7 Å². The lowest BCUT2D eigenvalue weighted by Crippen LogP contribution is -2.42. The zero-order chi connectivity index (χ0) is 20.8. The SMILES string of the molecule is COC(=O)C1=C(C(=O)OC)[C@H]2C(=Cc3ccc(OC)cc3)[C@H]1[C@@]13O[C@]21[C@H]1CC[C@H]3C1. The number of fused-ring (bicyclic) bond motifs is 4. The fraction of sp³-hybridized carbons (Fsp3) is 0.500. The van der Waals surface area contributed by atoms with E-state index < -0.39 is 11.9 Å². The van der Waals surface area contributed by atoms with E-state index in [-0.39, 0.29) is 23.0 Å². The maximum atomic E-state index is 12.9. The number of carbonyl (C=O) groups excluding carboxylic acids is 2. The molecule has 0 unspecified atom stereocenters. The maximum absolute atomic E-state index is 12.9. The Morgan fingerprint density at radius 2 is 1.47 bits per heavy atom. The van der Waals surface area contributed by atoms with Crippen LogP contribution in [-0.4, -0.2) is 44.5 Å². The highest BCUT2D eigenvalue weighted by Crippen LogP contribution is 2.86. The molecule has 1 saturated heterocycles. The van der Waals surface area contributed by atoms with Crippen molar-refractivity contribution in [2.24, 2.45) is 23.7 Å². The maximum Gasteiger partial charge on any atom is 0.335 e. The minimum atomic E-state index is -0.454. The molecule has 6 rings (SSSR count). The van der Waals surface area contributed by atoms with Crippen LogP contribution in [0.3, 0.4) is 0 Å². The second-order valence-electron chi connectivity index (χ2n) is 8.99. The van der Waals surface area contributed by atoms with Crippen molar-refractivity contribution in [2.75, 3.05) is 21.3 Å². The molecule has 156 valence electrons. The molecule has 6 atom stereocenters. The molecule has 0 amide bonds. The predicted molar refractivity (Wildman–Crippen MR) is 106 cm³/mol. The molecule has 30 heavy (non-hydrogen) atoms. The summed E-state index contributed by atoms with van der Waals surface area (Å²) in [6, 6.07) is 7.81. The Labute approximate surface area is 174 Å². The van der Waals surface area contributed by atoms with Crippen LogP contribution < -0.4 is 4.74 Å². The van der Waals surface area contributed by atoms with Gasteiger partial charge >= 0.3 is 11.9 Å². The lowest BCUT2D eigenvalue weighted by atomic mass is 9.69. The molecule has 3 saturated carbocycles. The summed E-state index contributed by atoms with van der Waals surface area (Å²) >= 11 is 0. The van der Waals surface area contributed by atoms with E-state index in [1.54, 1.807) is 7.11 Å². The van der Waals surface area contributed by atoms with Crippen LogP contribution in [-0.2, 0) is 23.8 Å². The standard InChI is InChI=1S/C24H24O6/c1-27-15-8-4-12(5-9-15)10-16-19-17(21(25)28-2)18(22(26)29-3)20(16)24-14-7-6-13(11-14)23(19,24)30-24/h4-5,8-10,13-14,19-20H,6-7,11H2,1-3H3/t13-,14-,19+,20+,23+,24+/m0/s1. The van der Waals surface area contributed by atoms with Crippen molar-refractivity contribution in [3.8, 4) is 5.75 Å². The van der Waals surface area contributed by atoms with Crippen LogP contribution in [0.15, 0.2) is 41.0 Å². The summed E-state index contributed by atoms with van der Waals surface area (Å²) in [5.41, 5.74) is 2.25. The molecule has 6 nitrogen and oxygen atoms in total. The van der Waals surface area contributed by atoms with Crippen molar-refractivity contribution < 1.29 is 28.5 Å². The van der Waals surface area contributed by atoms with Crippen LogP contribution in [0.1, 0.15) is 24.8 Å². The number of carbonyl (C=O) groups is 2. The van der Waals surface area contributed by atoms with Gasteiger partial charge in [0.25, 0.3) is 0 Å². The second kappa shape index (κ2) is 5.76. The van der Waals surface area contributed by atoms with Gasteiger partial charge in [0.2, 0.25) is 0 Å². The minimum Gasteiger partial charge on any atom is -0.497 e. The van der Waals surface area contributed by atoms with Crippen molar-refractivity contribution in [3.05, 3.63) is 46.5 Å². The van der Waals surface area contributed by atoms with Gasteiger partial charge in [-0.1, -0.05) is 18.2 Å². The Hall–Kier alpha value is -2.60. The molecule has 1 aliphatic heterocycles. The first kappa shape index (κ1) is 18.2. The number of hydrogen-bond acceptors (Lipinski definition) is 6. The highest BCUT2D eigenvalue weighted by molar-refractivity contribution is 6.06. The average Bonchev–Trinajstić information content (AvgIpc) is 3.06. The number of epoxide rings is 1. The monoisotopic (exact) mass is 408 g/mol. The highest BCUT2D eigenvalue weighted by atomic mass is 16.6. The first-order valence-electron chi connectivity index (χ1n) is 10.5. The van der Waals surface area contributed by atoms with E-state index in [4.69, 9.17) is 18.9 Å². The van der Waals surface area contributed by atoms with Gasteiger partial charge in [0.05, 0.1) is 32.5 Å². The van der Waals surface area contributed by atoms with Crippen molar-refractivity contribution >= 4 is 18.0 Å². The normalized spacial score (nSPS) is 39.0. The molecule has 0 radical (unpaired) electrons. The van der Waals surface area contributed by atoms with E-state index in [9.17, 15) is 9.59 Å². The van der Waals surface area contributed by atoms with Crippen LogP contribution in [0.5, 0.6) is 5.75 Å². The Morgan fingerprint density at radius 3 is 1.93 bits per heavy atom. The summed E-state index contributed by atoms with van der Waals surface area (Å²) in [5.74, 6) is 0.233. The van der Waals surface area contributed by atoms with Gasteiger partial charge in [-0.25, -0.2) is 9.59 Å². The number of rotatable bonds is 4. The first-order valence-corrected chi connectivity index (χ1v) is 10.5. The molecule has 1 aromatic carbocycles. The highest BCUT2D eigenvalue weighted by Gasteiger charge is 2.94. The minimum absolute atomic E-state index is 0.249. The van der Waals surface area contributed by atoms with Crippen molar-refractivity contribution in [2.45, 2.75) is 30.5 Å². The molecule has 4 bridgehead atoms. The van der Waals surface area contributed by atoms with Crippen molar-refractivity contribution in [3.63, 3.8) is 0 Å². The Morgan fingerprint density at radius 1 is 0.933 bits per heavy atom. The Balaban J connectivity index is 1.54. The smallest absolute Gasteiger partial charge is 0.335 e. The predicted octanol–water partition coefficient (Wildman–Crippen LogP) is 2.92. The Bertz CT molecular complexity index is 982. The summed E-state index contributed by atoms with van der Waals surface area (Å²) in [7, 11) is 4.37. The van der Waals surface area contributed by atoms with Gasteiger partial charge in [0.1, 0.15) is 17.0 Å². The molecule has 4 fully saturated rings. The van der Waals surface area contributed by atoms with E-state index in [0.717, 1.165) is 36.1 Å². The topological polar surface area (TPSA) is 74.4 Å². The number of benzene rings is 1.